The van der Waals surface area contributed by atoms with E-state index in [-0.39, 0.29) is 0 Å². The van der Waals surface area contributed by atoms with Crippen molar-refractivity contribution in [3.05, 3.63) is 24.3 Å². The second-order valence-electron chi connectivity index (χ2n) is 3.39. The van der Waals surface area contributed by atoms with Gasteiger partial charge in [0.25, 0.3) is 11.3 Å². The maximum Gasteiger partial charge on any atom is 0.347 e. The van der Waals surface area contributed by atoms with Crippen molar-refractivity contribution in [2.45, 2.75) is 20.0 Å². The third-order valence-electron chi connectivity index (χ3n) is 1.99. The van der Waals surface area contributed by atoms with E-state index >= 15 is 0 Å². The van der Waals surface area contributed by atoms with E-state index in [9.17, 15) is 9.00 Å². The van der Waals surface area contributed by atoms with Crippen molar-refractivity contribution in [3.8, 4) is 5.75 Å². The van der Waals surface area contributed by atoms with Gasteiger partial charge in [-0.2, -0.15) is 0 Å². The van der Waals surface area contributed by atoms with E-state index in [1.54, 1.807) is 38.1 Å². The SMILES string of the molecule is CCOC(=O)C(C)Oc1ccc(NS(=O)O)cc1. The highest BCUT2D eigenvalue weighted by Crippen LogP contribution is 2.17. The van der Waals surface area contributed by atoms with Crippen LogP contribution >= 0.6 is 0 Å². The number of anilines is 1. The van der Waals surface area contributed by atoms with Crippen LogP contribution in [0.25, 0.3) is 0 Å². The molecule has 2 unspecified atom stereocenters. The Balaban J connectivity index is 2.58. The smallest absolute Gasteiger partial charge is 0.347 e. The molecular formula is C11H15NO5S. The molecule has 0 aliphatic rings. The van der Waals surface area contributed by atoms with Gasteiger partial charge in [0.1, 0.15) is 5.75 Å². The zero-order chi connectivity index (χ0) is 13.5. The monoisotopic (exact) mass is 273 g/mol. The lowest BCUT2D eigenvalue weighted by molar-refractivity contribution is -0.150. The average Bonchev–Trinajstić information content (AvgIpc) is 2.31. The number of hydrogen-bond donors (Lipinski definition) is 2. The minimum absolute atomic E-state index is 0.303. The number of carbonyl (C=O) groups is 1. The van der Waals surface area contributed by atoms with Gasteiger partial charge in [0.15, 0.2) is 6.10 Å². The largest absolute Gasteiger partial charge is 0.479 e. The fourth-order valence-corrected chi connectivity index (χ4v) is 1.55. The molecule has 0 spiro atoms. The standard InChI is InChI=1S/C11H15NO5S/c1-3-16-11(13)8(2)17-10-6-4-9(5-7-10)12-18(14)15/h4-8,12H,3H2,1-2H3,(H,14,15). The van der Waals surface area contributed by atoms with Crippen molar-refractivity contribution in [1.29, 1.82) is 0 Å². The van der Waals surface area contributed by atoms with Crippen molar-refractivity contribution in [2.24, 2.45) is 0 Å². The van der Waals surface area contributed by atoms with Gasteiger partial charge in [-0.05, 0) is 38.1 Å². The fourth-order valence-electron chi connectivity index (χ4n) is 1.21. The van der Waals surface area contributed by atoms with Crippen LogP contribution in [0, 0.1) is 0 Å². The van der Waals surface area contributed by atoms with Gasteiger partial charge in [-0.15, -0.1) is 0 Å². The third-order valence-corrected chi connectivity index (χ3v) is 2.40. The third kappa shape index (κ3) is 4.72. The Morgan fingerprint density at radius 2 is 2.06 bits per heavy atom. The molecule has 100 valence electrons. The fraction of sp³-hybridized carbons (Fsp3) is 0.364. The lowest BCUT2D eigenvalue weighted by Crippen LogP contribution is -2.26. The van der Waals surface area contributed by atoms with Gasteiger partial charge >= 0.3 is 5.97 Å². The van der Waals surface area contributed by atoms with E-state index in [2.05, 4.69) is 4.72 Å². The van der Waals surface area contributed by atoms with Gasteiger partial charge in [-0.3, -0.25) is 9.27 Å². The molecule has 0 saturated carbocycles. The van der Waals surface area contributed by atoms with Gasteiger partial charge in [0, 0.05) is 5.69 Å². The number of ether oxygens (including phenoxy) is 2. The predicted molar refractivity (Wildman–Crippen MR) is 67.6 cm³/mol. The molecule has 0 aromatic heterocycles. The number of hydrogen-bond acceptors (Lipinski definition) is 4. The lowest BCUT2D eigenvalue weighted by Gasteiger charge is -2.13. The molecule has 0 aliphatic heterocycles. The Morgan fingerprint density at radius 1 is 1.44 bits per heavy atom. The Hall–Kier alpha value is -1.60. The van der Waals surface area contributed by atoms with Crippen LogP contribution in [0.4, 0.5) is 5.69 Å². The van der Waals surface area contributed by atoms with Crippen LogP contribution < -0.4 is 9.46 Å². The maximum atomic E-state index is 11.3. The van der Waals surface area contributed by atoms with Crippen molar-refractivity contribution >= 4 is 22.9 Å². The number of esters is 1. The molecule has 1 rings (SSSR count). The molecule has 7 heteroatoms. The highest BCUT2D eigenvalue weighted by Gasteiger charge is 2.15. The zero-order valence-electron chi connectivity index (χ0n) is 10.1. The molecule has 0 fully saturated rings. The normalized spacial score (nSPS) is 13.5. The van der Waals surface area contributed by atoms with E-state index in [1.807, 2.05) is 0 Å². The molecule has 0 aliphatic carbocycles. The second-order valence-corrected chi connectivity index (χ2v) is 4.09. The second kappa shape index (κ2) is 6.97. The van der Waals surface area contributed by atoms with Gasteiger partial charge in [0.2, 0.25) is 0 Å². The molecule has 1 aromatic rings. The topological polar surface area (TPSA) is 84.9 Å². The zero-order valence-corrected chi connectivity index (χ0v) is 10.9. The van der Waals surface area contributed by atoms with Crippen molar-refractivity contribution in [2.75, 3.05) is 11.3 Å². The number of carbonyl (C=O) groups excluding carboxylic acids is 1. The maximum absolute atomic E-state index is 11.3. The van der Waals surface area contributed by atoms with Gasteiger partial charge < -0.3 is 9.47 Å². The first-order chi connectivity index (χ1) is 8.52. The molecule has 0 radical (unpaired) electrons. The Labute approximate surface area is 108 Å². The highest BCUT2D eigenvalue weighted by molar-refractivity contribution is 7.80. The number of rotatable bonds is 6. The molecule has 0 amide bonds. The van der Waals surface area contributed by atoms with Crippen LogP contribution in [0.5, 0.6) is 5.75 Å². The Kier molecular flexibility index (Phi) is 5.60. The summed E-state index contributed by atoms with van der Waals surface area (Å²) in [4.78, 5) is 11.3. The van der Waals surface area contributed by atoms with Gasteiger partial charge in [-0.1, -0.05) is 0 Å². The molecular weight excluding hydrogens is 258 g/mol. The summed E-state index contributed by atoms with van der Waals surface area (Å²) in [6.45, 7) is 3.62. The first kappa shape index (κ1) is 14.5. The summed E-state index contributed by atoms with van der Waals surface area (Å²) in [6, 6.07) is 6.32. The van der Waals surface area contributed by atoms with Crippen molar-refractivity contribution < 1.29 is 23.0 Å². The van der Waals surface area contributed by atoms with E-state index in [4.69, 9.17) is 14.0 Å². The molecule has 0 saturated heterocycles. The van der Waals surface area contributed by atoms with Crippen LogP contribution in [0.1, 0.15) is 13.8 Å². The summed E-state index contributed by atoms with van der Waals surface area (Å²) < 4.78 is 31.6. The van der Waals surface area contributed by atoms with Crippen LogP contribution in [0.3, 0.4) is 0 Å². The van der Waals surface area contributed by atoms with E-state index in [0.717, 1.165) is 0 Å². The van der Waals surface area contributed by atoms with Gasteiger partial charge in [-0.25, -0.2) is 9.00 Å². The first-order valence-electron chi connectivity index (χ1n) is 5.33. The first-order valence-corrected chi connectivity index (χ1v) is 6.44. The van der Waals surface area contributed by atoms with E-state index in [1.165, 1.54) is 0 Å². The Bertz CT molecular complexity index is 420. The summed E-state index contributed by atoms with van der Waals surface area (Å²) in [5.41, 5.74) is 0.479. The van der Waals surface area contributed by atoms with Crippen LogP contribution in [0.15, 0.2) is 24.3 Å². The molecule has 6 nitrogen and oxygen atoms in total. The van der Waals surface area contributed by atoms with Crippen LogP contribution in [-0.4, -0.2) is 27.4 Å². The summed E-state index contributed by atoms with van der Waals surface area (Å²) in [5.74, 6) is 0.0426. The number of nitrogens with one attached hydrogen (secondary N) is 1. The number of benzene rings is 1. The van der Waals surface area contributed by atoms with Crippen molar-refractivity contribution in [3.63, 3.8) is 0 Å². The minimum Gasteiger partial charge on any atom is -0.479 e. The molecule has 1 aromatic carbocycles. The molecule has 0 bridgehead atoms. The predicted octanol–water partition coefficient (Wildman–Crippen LogP) is 1.57. The van der Waals surface area contributed by atoms with Crippen LogP contribution in [-0.2, 0) is 20.8 Å². The Morgan fingerprint density at radius 3 is 2.56 bits per heavy atom. The molecule has 0 heterocycles. The average molecular weight is 273 g/mol. The lowest BCUT2D eigenvalue weighted by atomic mass is 10.3. The minimum atomic E-state index is -2.11. The summed E-state index contributed by atoms with van der Waals surface area (Å²) in [5, 5.41) is 0. The molecule has 18 heavy (non-hydrogen) atoms. The van der Waals surface area contributed by atoms with Crippen molar-refractivity contribution in [1.82, 2.24) is 0 Å². The molecule has 2 N–H and O–H groups in total. The van der Waals surface area contributed by atoms with E-state index in [0.29, 0.717) is 18.0 Å². The summed E-state index contributed by atoms with van der Waals surface area (Å²) in [7, 11) is 0. The molecule has 2 atom stereocenters. The van der Waals surface area contributed by atoms with E-state index < -0.39 is 23.3 Å². The quantitative estimate of drug-likeness (QED) is 0.607. The summed E-state index contributed by atoms with van der Waals surface area (Å²) >= 11 is -2.11. The van der Waals surface area contributed by atoms with Gasteiger partial charge in [0.05, 0.1) is 6.61 Å². The van der Waals surface area contributed by atoms with Crippen LogP contribution in [0.2, 0.25) is 0 Å². The highest BCUT2D eigenvalue weighted by atomic mass is 32.2. The summed E-state index contributed by atoms with van der Waals surface area (Å²) in [6.07, 6.45) is -0.698.